The van der Waals surface area contributed by atoms with Crippen LogP contribution in [0.3, 0.4) is 0 Å². The fraction of sp³-hybridized carbons (Fsp3) is 0.200. The summed E-state index contributed by atoms with van der Waals surface area (Å²) >= 11 is 0. The number of nitrogens with one attached hydrogen (secondary N) is 1. The fourth-order valence-electron chi connectivity index (χ4n) is 5.53. The first-order chi connectivity index (χ1) is 17.0. The standard InChI is InChI=1S/C30H26N2O3/c1-18-7-6-10-22(15-18)32-27(24-17-31-25-12-5-4-11-23(24)25)26(29(34)30(32)35)28(33)21-14-13-19-8-2-3-9-20(19)16-21/h4-7,10-17,27,31,33H,2-3,8-9H2,1H3/b28-26+. The number of fused-ring (bicyclic) bond motifs is 2. The molecule has 1 aromatic heterocycles. The van der Waals surface area contributed by atoms with E-state index < -0.39 is 17.7 Å². The number of nitrogens with zero attached hydrogens (tertiary/aromatic N) is 1. The molecule has 0 saturated carbocycles. The highest BCUT2D eigenvalue weighted by atomic mass is 16.3. The number of ketones is 1. The zero-order valence-corrected chi connectivity index (χ0v) is 19.5. The van der Waals surface area contributed by atoms with Crippen molar-refractivity contribution in [2.45, 2.75) is 38.6 Å². The van der Waals surface area contributed by atoms with Gasteiger partial charge in [0.25, 0.3) is 11.7 Å². The van der Waals surface area contributed by atoms with E-state index in [9.17, 15) is 14.7 Å². The summed E-state index contributed by atoms with van der Waals surface area (Å²) in [4.78, 5) is 31.7. The zero-order chi connectivity index (χ0) is 24.1. The normalized spacial score (nSPS) is 19.3. The molecule has 1 fully saturated rings. The number of hydrogen-bond acceptors (Lipinski definition) is 3. The molecule has 5 nitrogen and oxygen atoms in total. The van der Waals surface area contributed by atoms with Crippen LogP contribution < -0.4 is 4.90 Å². The maximum atomic E-state index is 13.5. The van der Waals surface area contributed by atoms with Gasteiger partial charge in [-0.25, -0.2) is 0 Å². The van der Waals surface area contributed by atoms with Gasteiger partial charge in [-0.1, -0.05) is 42.5 Å². The van der Waals surface area contributed by atoms with Crippen LogP contribution in [0, 0.1) is 6.92 Å². The molecule has 5 heteroatoms. The van der Waals surface area contributed by atoms with Gasteiger partial charge in [-0.15, -0.1) is 0 Å². The van der Waals surface area contributed by atoms with E-state index in [-0.39, 0.29) is 11.3 Å². The Morgan fingerprint density at radius 3 is 2.57 bits per heavy atom. The lowest BCUT2D eigenvalue weighted by Gasteiger charge is -2.25. The maximum absolute atomic E-state index is 13.5. The van der Waals surface area contributed by atoms with Crippen LogP contribution in [0.5, 0.6) is 0 Å². The summed E-state index contributed by atoms with van der Waals surface area (Å²) in [6.07, 6.45) is 6.11. The summed E-state index contributed by atoms with van der Waals surface area (Å²) in [5.41, 5.74) is 6.50. The Labute approximate surface area is 203 Å². The summed E-state index contributed by atoms with van der Waals surface area (Å²) in [6.45, 7) is 1.95. The van der Waals surface area contributed by atoms with Gasteiger partial charge in [0, 0.05) is 33.9 Å². The Kier molecular flexibility index (Phi) is 5.06. The van der Waals surface area contributed by atoms with Crippen molar-refractivity contribution in [3.63, 3.8) is 0 Å². The number of aliphatic hydroxyl groups is 1. The number of H-pyrrole nitrogens is 1. The van der Waals surface area contributed by atoms with Crippen LogP contribution in [-0.2, 0) is 22.4 Å². The molecule has 1 amide bonds. The maximum Gasteiger partial charge on any atom is 0.300 e. The molecule has 1 aliphatic heterocycles. The van der Waals surface area contributed by atoms with E-state index >= 15 is 0 Å². The number of carbonyl (C=O) groups is 2. The molecule has 2 N–H and O–H groups in total. The van der Waals surface area contributed by atoms with Crippen molar-refractivity contribution in [2.75, 3.05) is 4.90 Å². The van der Waals surface area contributed by atoms with E-state index in [1.807, 2.05) is 79.9 Å². The predicted octanol–water partition coefficient (Wildman–Crippen LogP) is 5.98. The van der Waals surface area contributed by atoms with Crippen molar-refractivity contribution in [3.05, 3.63) is 106 Å². The van der Waals surface area contributed by atoms with E-state index in [1.165, 1.54) is 22.4 Å². The topological polar surface area (TPSA) is 73.4 Å². The van der Waals surface area contributed by atoms with Gasteiger partial charge in [0.1, 0.15) is 5.76 Å². The minimum atomic E-state index is -0.746. The number of aliphatic hydroxyl groups excluding tert-OH is 1. The number of Topliss-reactive ketones (excluding diaryl/α,β-unsaturated/α-hetero) is 1. The monoisotopic (exact) mass is 462 g/mol. The number of carbonyl (C=O) groups excluding carboxylic acids is 2. The van der Waals surface area contributed by atoms with E-state index in [2.05, 4.69) is 4.98 Å². The van der Waals surface area contributed by atoms with E-state index in [0.29, 0.717) is 11.3 Å². The lowest BCUT2D eigenvalue weighted by Crippen LogP contribution is -2.29. The largest absolute Gasteiger partial charge is 0.507 e. The molecule has 6 rings (SSSR count). The van der Waals surface area contributed by atoms with Crippen molar-refractivity contribution in [3.8, 4) is 0 Å². The molecule has 4 aromatic rings. The van der Waals surface area contributed by atoms with Crippen molar-refractivity contribution in [1.29, 1.82) is 0 Å². The van der Waals surface area contributed by atoms with Gasteiger partial charge in [0.05, 0.1) is 11.6 Å². The SMILES string of the molecule is Cc1cccc(N2C(=O)C(=O)/C(=C(/O)c3ccc4c(c3)CCCC4)C2c2c[nH]c3ccccc23)c1. The summed E-state index contributed by atoms with van der Waals surface area (Å²) < 4.78 is 0. The van der Waals surface area contributed by atoms with Crippen molar-refractivity contribution in [2.24, 2.45) is 0 Å². The number of aryl methyl sites for hydroxylation is 3. The second kappa shape index (κ2) is 8.27. The van der Waals surface area contributed by atoms with Gasteiger partial charge in [0.15, 0.2) is 0 Å². The average molecular weight is 463 g/mol. The number of para-hydroxylation sites is 1. The lowest BCUT2D eigenvalue weighted by molar-refractivity contribution is -0.132. The van der Waals surface area contributed by atoms with Crippen molar-refractivity contribution >= 4 is 34.0 Å². The molecule has 3 aromatic carbocycles. The highest BCUT2D eigenvalue weighted by Crippen LogP contribution is 2.44. The molecule has 0 spiro atoms. The molecule has 0 radical (unpaired) electrons. The first-order valence-corrected chi connectivity index (χ1v) is 12.1. The Balaban J connectivity index is 1.58. The Bertz CT molecular complexity index is 1530. The number of benzene rings is 3. The van der Waals surface area contributed by atoms with Gasteiger partial charge >= 0.3 is 0 Å². The summed E-state index contributed by atoms with van der Waals surface area (Å²) in [6, 6.07) is 20.5. The van der Waals surface area contributed by atoms with Gasteiger partial charge in [-0.2, -0.15) is 0 Å². The third-order valence-electron chi connectivity index (χ3n) is 7.26. The van der Waals surface area contributed by atoms with Crippen LogP contribution in [0.2, 0.25) is 0 Å². The molecule has 1 atom stereocenters. The molecule has 2 heterocycles. The molecule has 1 aliphatic carbocycles. The van der Waals surface area contributed by atoms with Crippen LogP contribution in [-0.4, -0.2) is 21.8 Å². The number of anilines is 1. The molecule has 35 heavy (non-hydrogen) atoms. The molecule has 1 unspecified atom stereocenters. The van der Waals surface area contributed by atoms with Gasteiger partial charge in [-0.05, 0) is 73.6 Å². The number of aromatic amines is 1. The first-order valence-electron chi connectivity index (χ1n) is 12.1. The highest BCUT2D eigenvalue weighted by Gasteiger charge is 2.47. The van der Waals surface area contributed by atoms with Crippen LogP contribution in [0.1, 0.15) is 46.7 Å². The number of hydrogen-bond donors (Lipinski definition) is 2. The molecular formula is C30H26N2O3. The van der Waals surface area contributed by atoms with E-state index in [4.69, 9.17) is 0 Å². The number of aromatic nitrogens is 1. The summed E-state index contributed by atoms with van der Waals surface area (Å²) in [5.74, 6) is -1.43. The lowest BCUT2D eigenvalue weighted by atomic mass is 9.88. The van der Waals surface area contributed by atoms with Gasteiger partial charge in [0.2, 0.25) is 0 Å². The van der Waals surface area contributed by atoms with Gasteiger partial charge in [-0.3, -0.25) is 14.5 Å². The Morgan fingerprint density at radius 1 is 0.943 bits per heavy atom. The molecule has 2 aliphatic rings. The molecule has 174 valence electrons. The van der Waals surface area contributed by atoms with Crippen LogP contribution in [0.25, 0.3) is 16.7 Å². The molecular weight excluding hydrogens is 436 g/mol. The van der Waals surface area contributed by atoms with Crippen molar-refractivity contribution in [1.82, 2.24) is 4.98 Å². The van der Waals surface area contributed by atoms with E-state index in [1.54, 1.807) is 0 Å². The average Bonchev–Trinajstić information content (AvgIpc) is 3.41. The number of rotatable bonds is 3. The van der Waals surface area contributed by atoms with Crippen LogP contribution in [0.4, 0.5) is 5.69 Å². The zero-order valence-electron chi connectivity index (χ0n) is 19.5. The minimum absolute atomic E-state index is 0.122. The predicted molar refractivity (Wildman–Crippen MR) is 137 cm³/mol. The summed E-state index contributed by atoms with van der Waals surface area (Å²) in [5, 5.41) is 12.5. The quantitative estimate of drug-likeness (QED) is 0.223. The fourth-order valence-corrected chi connectivity index (χ4v) is 5.53. The minimum Gasteiger partial charge on any atom is -0.507 e. The number of amides is 1. The highest BCUT2D eigenvalue weighted by molar-refractivity contribution is 6.51. The third-order valence-corrected chi connectivity index (χ3v) is 7.26. The molecule has 1 saturated heterocycles. The smallest absolute Gasteiger partial charge is 0.300 e. The van der Waals surface area contributed by atoms with Crippen molar-refractivity contribution < 1.29 is 14.7 Å². The second-order valence-electron chi connectivity index (χ2n) is 9.49. The van der Waals surface area contributed by atoms with Gasteiger partial charge < -0.3 is 10.1 Å². The summed E-state index contributed by atoms with van der Waals surface area (Å²) in [7, 11) is 0. The second-order valence-corrected chi connectivity index (χ2v) is 9.49. The Hall–Kier alpha value is -4.12. The van der Waals surface area contributed by atoms with Crippen LogP contribution >= 0.6 is 0 Å². The van der Waals surface area contributed by atoms with E-state index in [0.717, 1.165) is 41.3 Å². The van der Waals surface area contributed by atoms with Crippen LogP contribution in [0.15, 0.2) is 78.5 Å². The first kappa shape index (κ1) is 21.4. The third kappa shape index (κ3) is 3.46. The Morgan fingerprint density at radius 2 is 1.74 bits per heavy atom. The molecule has 0 bridgehead atoms.